The second-order valence-electron chi connectivity index (χ2n) is 4.83. The zero-order valence-corrected chi connectivity index (χ0v) is 12.7. The van der Waals surface area contributed by atoms with Crippen molar-refractivity contribution in [2.24, 2.45) is 0 Å². The van der Waals surface area contributed by atoms with Crippen LogP contribution in [0.15, 0.2) is 48.5 Å². The van der Waals surface area contributed by atoms with E-state index < -0.39 is 17.9 Å². The van der Waals surface area contributed by atoms with Crippen molar-refractivity contribution in [2.75, 3.05) is 0 Å². The van der Waals surface area contributed by atoms with Gasteiger partial charge in [-0.3, -0.25) is 9.59 Å². The molecule has 0 bridgehead atoms. The molecule has 0 aliphatic carbocycles. The topological polar surface area (TPSA) is 90.2 Å². The van der Waals surface area contributed by atoms with Crippen molar-refractivity contribution in [1.82, 2.24) is 5.32 Å². The molecule has 2 aromatic carbocycles. The van der Waals surface area contributed by atoms with Crippen LogP contribution in [0.1, 0.15) is 33.9 Å². The smallest absolute Gasteiger partial charge is 0.305 e. The van der Waals surface area contributed by atoms with Crippen molar-refractivity contribution in [1.29, 1.82) is 5.26 Å². The average molecular weight is 329 g/mol. The third-order valence-corrected chi connectivity index (χ3v) is 3.59. The lowest BCUT2D eigenvalue weighted by atomic mass is 10.0. The summed E-state index contributed by atoms with van der Waals surface area (Å²) in [5.74, 6) is -1.48. The number of hydrogen-bond acceptors (Lipinski definition) is 3. The molecule has 2 rings (SSSR count). The lowest BCUT2D eigenvalue weighted by molar-refractivity contribution is -0.137. The highest BCUT2D eigenvalue weighted by Crippen LogP contribution is 2.25. The fourth-order valence-corrected chi connectivity index (χ4v) is 2.38. The zero-order chi connectivity index (χ0) is 16.8. The highest BCUT2D eigenvalue weighted by molar-refractivity contribution is 6.31. The van der Waals surface area contributed by atoms with Crippen LogP contribution in [-0.2, 0) is 4.79 Å². The molecular formula is C17H13ClN2O3. The van der Waals surface area contributed by atoms with Crippen LogP contribution in [0, 0.1) is 11.3 Å². The molecule has 0 unspecified atom stereocenters. The number of nitriles is 1. The lowest BCUT2D eigenvalue weighted by Crippen LogP contribution is -2.30. The van der Waals surface area contributed by atoms with E-state index in [4.69, 9.17) is 22.0 Å². The summed E-state index contributed by atoms with van der Waals surface area (Å²) in [7, 11) is 0. The number of rotatable bonds is 5. The Bertz CT molecular complexity index is 766. The van der Waals surface area contributed by atoms with E-state index in [9.17, 15) is 9.59 Å². The minimum atomic E-state index is -1.05. The molecule has 0 aliphatic rings. The highest BCUT2D eigenvalue weighted by atomic mass is 35.5. The van der Waals surface area contributed by atoms with Crippen molar-refractivity contribution in [2.45, 2.75) is 12.5 Å². The molecule has 0 saturated carbocycles. The van der Waals surface area contributed by atoms with Crippen molar-refractivity contribution >= 4 is 23.5 Å². The van der Waals surface area contributed by atoms with E-state index in [-0.39, 0.29) is 6.42 Å². The summed E-state index contributed by atoms with van der Waals surface area (Å²) in [4.78, 5) is 23.4. The Hall–Kier alpha value is -2.84. The quantitative estimate of drug-likeness (QED) is 0.882. The first-order chi connectivity index (χ1) is 11.0. The van der Waals surface area contributed by atoms with E-state index in [0.29, 0.717) is 21.7 Å². The number of halogens is 1. The van der Waals surface area contributed by atoms with Gasteiger partial charge in [-0.2, -0.15) is 5.26 Å². The summed E-state index contributed by atoms with van der Waals surface area (Å²) >= 11 is 6.09. The summed E-state index contributed by atoms with van der Waals surface area (Å²) in [6.45, 7) is 0. The average Bonchev–Trinajstić information content (AvgIpc) is 2.54. The minimum absolute atomic E-state index is 0.286. The van der Waals surface area contributed by atoms with Gasteiger partial charge in [0.1, 0.15) is 0 Å². The maximum atomic E-state index is 12.3. The first-order valence-corrected chi connectivity index (χ1v) is 7.16. The Balaban J connectivity index is 2.23. The highest BCUT2D eigenvalue weighted by Gasteiger charge is 2.20. The van der Waals surface area contributed by atoms with Gasteiger partial charge in [0.25, 0.3) is 5.91 Å². The normalized spacial score (nSPS) is 11.3. The van der Waals surface area contributed by atoms with Gasteiger partial charge < -0.3 is 10.4 Å². The van der Waals surface area contributed by atoms with Crippen LogP contribution >= 0.6 is 11.6 Å². The van der Waals surface area contributed by atoms with Gasteiger partial charge in [0.05, 0.1) is 24.1 Å². The predicted molar refractivity (Wildman–Crippen MR) is 85.1 cm³/mol. The molecule has 116 valence electrons. The Morgan fingerprint density at radius 3 is 2.39 bits per heavy atom. The Kier molecular flexibility index (Phi) is 5.34. The third kappa shape index (κ3) is 4.31. The Morgan fingerprint density at radius 1 is 1.17 bits per heavy atom. The molecule has 1 atom stereocenters. The monoisotopic (exact) mass is 328 g/mol. The van der Waals surface area contributed by atoms with E-state index in [0.717, 1.165) is 0 Å². The van der Waals surface area contributed by atoms with Gasteiger partial charge in [-0.05, 0) is 35.9 Å². The number of aliphatic carboxylic acids is 1. The van der Waals surface area contributed by atoms with E-state index in [1.54, 1.807) is 24.3 Å². The molecule has 0 spiro atoms. The molecule has 0 heterocycles. The van der Waals surface area contributed by atoms with Gasteiger partial charge >= 0.3 is 5.97 Å². The maximum absolute atomic E-state index is 12.3. The summed E-state index contributed by atoms with van der Waals surface area (Å²) < 4.78 is 0. The van der Waals surface area contributed by atoms with Crippen LogP contribution in [-0.4, -0.2) is 17.0 Å². The van der Waals surface area contributed by atoms with Crippen molar-refractivity contribution < 1.29 is 14.7 Å². The van der Waals surface area contributed by atoms with Crippen LogP contribution in [0.2, 0.25) is 5.02 Å². The molecule has 0 aliphatic heterocycles. The van der Waals surface area contributed by atoms with E-state index in [2.05, 4.69) is 5.32 Å². The minimum Gasteiger partial charge on any atom is -0.481 e. The first kappa shape index (κ1) is 16.5. The fraction of sp³-hybridized carbons (Fsp3) is 0.118. The van der Waals surface area contributed by atoms with Crippen molar-refractivity contribution in [3.05, 3.63) is 70.2 Å². The number of carbonyl (C=O) groups excluding carboxylic acids is 1. The van der Waals surface area contributed by atoms with Gasteiger partial charge in [0, 0.05) is 10.6 Å². The summed E-state index contributed by atoms with van der Waals surface area (Å²) in [6, 6.07) is 14.1. The summed E-state index contributed by atoms with van der Waals surface area (Å²) in [6.07, 6.45) is -0.286. The molecule has 2 N–H and O–H groups in total. The number of carbonyl (C=O) groups is 2. The number of benzene rings is 2. The number of carboxylic acid groups (broad SMARTS) is 1. The summed E-state index contributed by atoms with van der Waals surface area (Å²) in [5, 5.41) is 20.9. The number of nitrogens with zero attached hydrogens (tertiary/aromatic N) is 1. The van der Waals surface area contributed by atoms with Gasteiger partial charge in [-0.1, -0.05) is 29.8 Å². The van der Waals surface area contributed by atoms with E-state index in [1.165, 1.54) is 24.3 Å². The lowest BCUT2D eigenvalue weighted by Gasteiger charge is -2.18. The third-order valence-electron chi connectivity index (χ3n) is 3.24. The largest absolute Gasteiger partial charge is 0.481 e. The van der Waals surface area contributed by atoms with E-state index in [1.807, 2.05) is 6.07 Å². The van der Waals surface area contributed by atoms with Gasteiger partial charge in [-0.15, -0.1) is 0 Å². The number of hydrogen-bond donors (Lipinski definition) is 2. The fourth-order valence-electron chi connectivity index (χ4n) is 2.11. The molecule has 5 nitrogen and oxygen atoms in total. The second-order valence-corrected chi connectivity index (χ2v) is 5.24. The zero-order valence-electron chi connectivity index (χ0n) is 12.0. The molecule has 6 heteroatoms. The van der Waals surface area contributed by atoms with Gasteiger partial charge in [-0.25, -0.2) is 0 Å². The van der Waals surface area contributed by atoms with Gasteiger partial charge in [0.2, 0.25) is 0 Å². The van der Waals surface area contributed by atoms with Crippen LogP contribution in [0.3, 0.4) is 0 Å². The number of amides is 1. The van der Waals surface area contributed by atoms with Crippen molar-refractivity contribution in [3.63, 3.8) is 0 Å². The first-order valence-electron chi connectivity index (χ1n) is 6.78. The van der Waals surface area contributed by atoms with Crippen LogP contribution < -0.4 is 5.32 Å². The molecule has 0 aromatic heterocycles. The number of carboxylic acids is 1. The molecule has 2 aromatic rings. The molecule has 23 heavy (non-hydrogen) atoms. The van der Waals surface area contributed by atoms with Crippen LogP contribution in [0.4, 0.5) is 0 Å². The van der Waals surface area contributed by atoms with Crippen molar-refractivity contribution in [3.8, 4) is 6.07 Å². The summed E-state index contributed by atoms with van der Waals surface area (Å²) in [5.41, 5.74) is 1.32. The van der Waals surface area contributed by atoms with Crippen LogP contribution in [0.5, 0.6) is 0 Å². The Labute approximate surface area is 138 Å². The van der Waals surface area contributed by atoms with E-state index >= 15 is 0 Å². The molecular weight excluding hydrogens is 316 g/mol. The maximum Gasteiger partial charge on any atom is 0.305 e. The predicted octanol–water partition coefficient (Wildman–Crippen LogP) is 3.16. The molecule has 0 radical (unpaired) electrons. The number of nitrogens with one attached hydrogen (secondary N) is 1. The second kappa shape index (κ2) is 7.43. The molecule has 0 saturated heterocycles. The molecule has 1 amide bonds. The van der Waals surface area contributed by atoms with Crippen LogP contribution in [0.25, 0.3) is 0 Å². The molecule has 0 fully saturated rings. The van der Waals surface area contributed by atoms with Gasteiger partial charge in [0.15, 0.2) is 0 Å². The Morgan fingerprint density at radius 2 is 1.83 bits per heavy atom. The SMILES string of the molecule is N#Cc1ccc(C(=O)N[C@H](CC(=O)O)c2ccccc2Cl)cc1. The standard InChI is InChI=1S/C17H13ClN2O3/c18-14-4-2-1-3-13(14)15(9-16(21)22)20-17(23)12-7-5-11(10-19)6-8-12/h1-8,15H,9H2,(H,20,23)(H,21,22)/t15-/m1/s1.